The molecule has 1 aromatic rings. The average Bonchev–Trinajstić information content (AvgIpc) is 2.34. The molecule has 0 heterocycles. The molecule has 16 heavy (non-hydrogen) atoms. The lowest BCUT2D eigenvalue weighted by Crippen LogP contribution is -1.98. The second-order valence-electron chi connectivity index (χ2n) is 4.06. The van der Waals surface area contributed by atoms with Crippen LogP contribution in [0.1, 0.15) is 54.9 Å². The Kier molecular flexibility index (Phi) is 5.76. The molecule has 0 amide bonds. The summed E-state index contributed by atoms with van der Waals surface area (Å²) in [7, 11) is 0. The number of benzene rings is 1. The van der Waals surface area contributed by atoms with Crippen LogP contribution in [-0.4, -0.2) is 5.78 Å². The van der Waals surface area contributed by atoms with Crippen molar-refractivity contribution in [2.75, 3.05) is 0 Å². The van der Waals surface area contributed by atoms with Gasteiger partial charge in [0.25, 0.3) is 0 Å². The van der Waals surface area contributed by atoms with Crippen LogP contribution in [0.5, 0.6) is 0 Å². The molecule has 0 fully saturated rings. The number of alkyl halides is 1. The molecule has 0 saturated carbocycles. The van der Waals surface area contributed by atoms with Crippen LogP contribution in [0.15, 0.2) is 24.3 Å². The fraction of sp³-hybridized carbons (Fsp3) is 0.500. The van der Waals surface area contributed by atoms with E-state index in [0.29, 0.717) is 17.5 Å². The van der Waals surface area contributed by atoms with Gasteiger partial charge >= 0.3 is 0 Å². The quantitative estimate of drug-likeness (QED) is 0.496. The minimum Gasteiger partial charge on any atom is -0.294 e. The summed E-state index contributed by atoms with van der Waals surface area (Å²) in [6, 6.07) is 6.80. The fourth-order valence-corrected chi connectivity index (χ4v) is 1.64. The van der Waals surface area contributed by atoms with E-state index in [-0.39, 0.29) is 5.78 Å². The highest BCUT2D eigenvalue weighted by Gasteiger charge is 2.04. The number of carbonyl (C=O) groups is 1. The van der Waals surface area contributed by atoms with Crippen molar-refractivity contribution in [2.45, 2.75) is 45.7 Å². The molecule has 0 saturated heterocycles. The largest absolute Gasteiger partial charge is 0.294 e. The van der Waals surface area contributed by atoms with Gasteiger partial charge in [0, 0.05) is 12.0 Å². The molecule has 88 valence electrons. The van der Waals surface area contributed by atoms with E-state index in [4.69, 9.17) is 0 Å². The van der Waals surface area contributed by atoms with E-state index in [2.05, 4.69) is 6.92 Å². The maximum Gasteiger partial charge on any atom is 0.162 e. The molecule has 0 N–H and O–H groups in total. The van der Waals surface area contributed by atoms with Crippen LogP contribution in [0, 0.1) is 0 Å². The summed E-state index contributed by atoms with van der Waals surface area (Å²) in [5.41, 5.74) is 1.33. The number of carbonyl (C=O) groups excluding carboxylic acids is 1. The molecule has 1 nitrogen and oxygen atoms in total. The zero-order valence-corrected chi connectivity index (χ0v) is 9.84. The molecule has 0 aliphatic rings. The number of halogens is 1. The Labute approximate surface area is 96.7 Å². The van der Waals surface area contributed by atoms with Gasteiger partial charge in [0.05, 0.1) is 0 Å². The molecule has 0 atom stereocenters. The lowest BCUT2D eigenvalue weighted by Gasteiger charge is -2.01. The Morgan fingerprint density at radius 1 is 1.12 bits per heavy atom. The summed E-state index contributed by atoms with van der Waals surface area (Å²) in [4.78, 5) is 11.7. The molecule has 0 aliphatic heterocycles. The van der Waals surface area contributed by atoms with Gasteiger partial charge in [-0.15, -0.1) is 0 Å². The first kappa shape index (κ1) is 12.9. The van der Waals surface area contributed by atoms with Crippen molar-refractivity contribution in [3.05, 3.63) is 35.4 Å². The normalized spacial score (nSPS) is 10.4. The van der Waals surface area contributed by atoms with Crippen molar-refractivity contribution in [1.29, 1.82) is 0 Å². The molecule has 0 bridgehead atoms. The van der Waals surface area contributed by atoms with Gasteiger partial charge in [-0.3, -0.25) is 4.79 Å². The third-order valence-electron chi connectivity index (χ3n) is 2.69. The summed E-state index contributed by atoms with van der Waals surface area (Å²) in [6.45, 7) is 1.68. The fourth-order valence-electron chi connectivity index (χ4n) is 1.64. The molecular formula is C14H19FO. The number of hydrogen-bond acceptors (Lipinski definition) is 1. The van der Waals surface area contributed by atoms with Gasteiger partial charge < -0.3 is 0 Å². The molecule has 2 heteroatoms. The van der Waals surface area contributed by atoms with Crippen LogP contribution >= 0.6 is 0 Å². The van der Waals surface area contributed by atoms with Gasteiger partial charge in [-0.2, -0.15) is 0 Å². The van der Waals surface area contributed by atoms with Gasteiger partial charge in [-0.05, 0) is 12.0 Å². The van der Waals surface area contributed by atoms with Gasteiger partial charge in [0.1, 0.15) is 6.67 Å². The van der Waals surface area contributed by atoms with Gasteiger partial charge in [-0.25, -0.2) is 4.39 Å². The predicted molar refractivity (Wildman–Crippen MR) is 64.3 cm³/mol. The maximum atomic E-state index is 12.3. The minimum atomic E-state index is -0.467. The van der Waals surface area contributed by atoms with Crippen molar-refractivity contribution in [2.24, 2.45) is 0 Å². The summed E-state index contributed by atoms with van der Waals surface area (Å²) in [6.07, 6.45) is 5.05. The van der Waals surface area contributed by atoms with E-state index in [9.17, 15) is 9.18 Å². The van der Waals surface area contributed by atoms with Crippen LogP contribution < -0.4 is 0 Å². The van der Waals surface area contributed by atoms with Gasteiger partial charge in [0.15, 0.2) is 5.78 Å². The lowest BCUT2D eigenvalue weighted by atomic mass is 10.0. The number of unbranched alkanes of at least 4 members (excludes halogenated alkanes) is 3. The van der Waals surface area contributed by atoms with Gasteiger partial charge in [0.2, 0.25) is 0 Å². The predicted octanol–water partition coefficient (Wildman–Crippen LogP) is 4.31. The van der Waals surface area contributed by atoms with E-state index in [1.165, 1.54) is 12.8 Å². The van der Waals surface area contributed by atoms with E-state index >= 15 is 0 Å². The monoisotopic (exact) mass is 222 g/mol. The van der Waals surface area contributed by atoms with E-state index < -0.39 is 6.67 Å². The van der Waals surface area contributed by atoms with E-state index in [0.717, 1.165) is 12.8 Å². The second kappa shape index (κ2) is 7.15. The summed E-state index contributed by atoms with van der Waals surface area (Å²) in [5.74, 6) is 0.168. The third kappa shape index (κ3) is 4.13. The highest BCUT2D eigenvalue weighted by Crippen LogP contribution is 2.11. The molecule has 0 unspecified atom stereocenters. The van der Waals surface area contributed by atoms with Crippen molar-refractivity contribution in [3.63, 3.8) is 0 Å². The van der Waals surface area contributed by atoms with Crippen molar-refractivity contribution in [1.82, 2.24) is 0 Å². The van der Waals surface area contributed by atoms with E-state index in [1.54, 1.807) is 24.3 Å². The standard InChI is InChI=1S/C14H19FO/c1-2-3-4-5-6-14(16)13-9-7-12(11-15)8-10-13/h7-10H,2-6,11H2,1H3. The van der Waals surface area contributed by atoms with Crippen LogP contribution in [0.3, 0.4) is 0 Å². The lowest BCUT2D eigenvalue weighted by molar-refractivity contribution is 0.0979. The zero-order chi connectivity index (χ0) is 11.8. The average molecular weight is 222 g/mol. The molecule has 0 aliphatic carbocycles. The second-order valence-corrected chi connectivity index (χ2v) is 4.06. The first-order chi connectivity index (χ1) is 7.77. The zero-order valence-electron chi connectivity index (χ0n) is 9.84. The number of hydrogen-bond donors (Lipinski definition) is 0. The Morgan fingerprint density at radius 3 is 2.38 bits per heavy atom. The molecule has 0 spiro atoms. The number of ketones is 1. The summed E-state index contributed by atoms with van der Waals surface area (Å²) >= 11 is 0. The highest BCUT2D eigenvalue weighted by atomic mass is 19.1. The van der Waals surface area contributed by atoms with Crippen LogP contribution in [0.2, 0.25) is 0 Å². The third-order valence-corrected chi connectivity index (χ3v) is 2.69. The number of Topliss-reactive ketones (excluding diaryl/α,β-unsaturated/α-hetero) is 1. The van der Waals surface area contributed by atoms with Crippen molar-refractivity contribution in [3.8, 4) is 0 Å². The Bertz CT molecular complexity index is 316. The number of rotatable bonds is 7. The Balaban J connectivity index is 2.40. The maximum absolute atomic E-state index is 12.3. The van der Waals surface area contributed by atoms with Crippen molar-refractivity contribution >= 4 is 5.78 Å². The summed E-state index contributed by atoms with van der Waals surface area (Å²) in [5, 5.41) is 0. The Hall–Kier alpha value is -1.18. The minimum absolute atomic E-state index is 0.168. The smallest absolute Gasteiger partial charge is 0.162 e. The Morgan fingerprint density at radius 2 is 1.81 bits per heavy atom. The van der Waals surface area contributed by atoms with E-state index in [1.807, 2.05) is 0 Å². The molecule has 0 aromatic heterocycles. The topological polar surface area (TPSA) is 17.1 Å². The van der Waals surface area contributed by atoms with Gasteiger partial charge in [-0.1, -0.05) is 50.5 Å². The highest BCUT2D eigenvalue weighted by molar-refractivity contribution is 5.96. The summed E-state index contributed by atoms with van der Waals surface area (Å²) < 4.78 is 12.3. The van der Waals surface area contributed by atoms with Crippen LogP contribution in [-0.2, 0) is 6.67 Å². The first-order valence-corrected chi connectivity index (χ1v) is 5.96. The van der Waals surface area contributed by atoms with Crippen LogP contribution in [0.4, 0.5) is 4.39 Å². The SMILES string of the molecule is CCCCCCC(=O)c1ccc(CF)cc1. The molecule has 1 aromatic carbocycles. The molecule has 1 rings (SSSR count). The van der Waals surface area contributed by atoms with Crippen molar-refractivity contribution < 1.29 is 9.18 Å². The molecule has 0 radical (unpaired) electrons. The van der Waals surface area contributed by atoms with Crippen LogP contribution in [0.25, 0.3) is 0 Å². The molecular weight excluding hydrogens is 203 g/mol. The first-order valence-electron chi connectivity index (χ1n) is 5.96.